The smallest absolute Gasteiger partial charge is 0.244 e. The number of carbonyl (C=O) groups excluding carboxylic acids is 1. The first-order valence-corrected chi connectivity index (χ1v) is 6.89. The average Bonchev–Trinajstić information content (AvgIpc) is 2.47. The van der Waals surface area contributed by atoms with Gasteiger partial charge in [0.05, 0.1) is 0 Å². The van der Waals surface area contributed by atoms with Crippen molar-refractivity contribution < 1.29 is 9.18 Å². The normalized spacial score (nSPS) is 10.7. The molecular weight excluding hydrogens is 321 g/mol. The highest BCUT2D eigenvalue weighted by molar-refractivity contribution is 9.10. The molecule has 0 atom stereocenters. The third-order valence-electron chi connectivity index (χ3n) is 2.69. The van der Waals surface area contributed by atoms with Gasteiger partial charge in [-0.3, -0.25) is 4.79 Å². The van der Waals surface area contributed by atoms with E-state index < -0.39 is 0 Å². The minimum absolute atomic E-state index is 0.218. The van der Waals surface area contributed by atoms with E-state index in [1.165, 1.54) is 18.2 Å². The molecule has 0 spiro atoms. The maximum Gasteiger partial charge on any atom is 0.244 e. The van der Waals surface area contributed by atoms with Gasteiger partial charge in [0.2, 0.25) is 5.91 Å². The van der Waals surface area contributed by atoms with E-state index in [1.54, 1.807) is 12.1 Å². The Morgan fingerprint density at radius 1 is 1.20 bits per heavy atom. The summed E-state index contributed by atoms with van der Waals surface area (Å²) in [4.78, 5) is 11.7. The monoisotopic (exact) mass is 333 g/mol. The van der Waals surface area contributed by atoms with E-state index in [1.807, 2.05) is 30.3 Å². The first kappa shape index (κ1) is 14.5. The third kappa shape index (κ3) is 4.31. The van der Waals surface area contributed by atoms with Gasteiger partial charge in [0.25, 0.3) is 0 Å². The Morgan fingerprint density at radius 3 is 2.70 bits per heavy atom. The zero-order valence-corrected chi connectivity index (χ0v) is 12.2. The SMILES string of the molecule is O=C(/C=C/c1ccccc1)NCc1cc(F)ccc1Br. The van der Waals surface area contributed by atoms with Gasteiger partial charge >= 0.3 is 0 Å². The lowest BCUT2D eigenvalue weighted by Crippen LogP contribution is -2.20. The van der Waals surface area contributed by atoms with Crippen molar-refractivity contribution in [3.05, 3.63) is 76.0 Å². The van der Waals surface area contributed by atoms with Crippen LogP contribution in [0.3, 0.4) is 0 Å². The van der Waals surface area contributed by atoms with Crippen LogP contribution in [0.2, 0.25) is 0 Å². The summed E-state index contributed by atoms with van der Waals surface area (Å²) < 4.78 is 13.9. The Hall–Kier alpha value is -1.94. The average molecular weight is 334 g/mol. The van der Waals surface area contributed by atoms with Gasteiger partial charge in [-0.25, -0.2) is 4.39 Å². The highest BCUT2D eigenvalue weighted by Crippen LogP contribution is 2.17. The fourth-order valence-corrected chi connectivity index (χ4v) is 2.04. The molecule has 2 aromatic rings. The molecule has 2 rings (SSSR count). The molecule has 0 saturated heterocycles. The van der Waals surface area contributed by atoms with Crippen LogP contribution < -0.4 is 5.32 Å². The molecule has 0 radical (unpaired) electrons. The maximum atomic E-state index is 13.1. The van der Waals surface area contributed by atoms with Crippen LogP contribution in [0.4, 0.5) is 4.39 Å². The maximum absolute atomic E-state index is 13.1. The molecule has 2 nitrogen and oxygen atoms in total. The van der Waals surface area contributed by atoms with E-state index >= 15 is 0 Å². The van der Waals surface area contributed by atoms with Crippen molar-refractivity contribution in [1.82, 2.24) is 5.32 Å². The number of amides is 1. The zero-order valence-electron chi connectivity index (χ0n) is 10.6. The van der Waals surface area contributed by atoms with Crippen LogP contribution in [0.25, 0.3) is 6.08 Å². The minimum atomic E-state index is -0.322. The molecule has 0 heterocycles. The lowest BCUT2D eigenvalue weighted by Gasteiger charge is -2.05. The van der Waals surface area contributed by atoms with Crippen molar-refractivity contribution in [1.29, 1.82) is 0 Å². The number of hydrogen-bond acceptors (Lipinski definition) is 1. The molecule has 0 bridgehead atoms. The Bertz CT molecular complexity index is 626. The Kier molecular flexibility index (Phi) is 5.07. The van der Waals surface area contributed by atoms with Crippen LogP contribution in [0.5, 0.6) is 0 Å². The van der Waals surface area contributed by atoms with Gasteiger partial charge in [0.15, 0.2) is 0 Å². The molecule has 0 aliphatic heterocycles. The molecule has 4 heteroatoms. The van der Waals surface area contributed by atoms with E-state index in [9.17, 15) is 9.18 Å². The van der Waals surface area contributed by atoms with Crippen LogP contribution >= 0.6 is 15.9 Å². The number of benzene rings is 2. The molecule has 1 amide bonds. The van der Waals surface area contributed by atoms with E-state index in [2.05, 4.69) is 21.2 Å². The van der Waals surface area contributed by atoms with Gasteiger partial charge < -0.3 is 5.32 Å². The van der Waals surface area contributed by atoms with Crippen molar-refractivity contribution in [2.45, 2.75) is 6.54 Å². The van der Waals surface area contributed by atoms with Crippen LogP contribution in [0, 0.1) is 5.82 Å². The predicted octanol–water partition coefficient (Wildman–Crippen LogP) is 3.92. The highest BCUT2D eigenvalue weighted by atomic mass is 79.9. The number of nitrogens with one attached hydrogen (secondary N) is 1. The van der Waals surface area contributed by atoms with Crippen molar-refractivity contribution in [2.75, 3.05) is 0 Å². The summed E-state index contributed by atoms with van der Waals surface area (Å²) in [6.07, 6.45) is 3.19. The van der Waals surface area contributed by atoms with Crippen LogP contribution in [0.1, 0.15) is 11.1 Å². The van der Waals surface area contributed by atoms with Crippen molar-refractivity contribution >= 4 is 27.9 Å². The first-order valence-electron chi connectivity index (χ1n) is 6.10. The Balaban J connectivity index is 1.92. The summed E-state index contributed by atoms with van der Waals surface area (Å²) >= 11 is 3.32. The van der Waals surface area contributed by atoms with Crippen LogP contribution in [-0.4, -0.2) is 5.91 Å². The Morgan fingerprint density at radius 2 is 1.95 bits per heavy atom. The topological polar surface area (TPSA) is 29.1 Å². The quantitative estimate of drug-likeness (QED) is 0.844. The van der Waals surface area contributed by atoms with E-state index in [4.69, 9.17) is 0 Å². The third-order valence-corrected chi connectivity index (χ3v) is 3.46. The zero-order chi connectivity index (χ0) is 14.4. The standard InChI is InChI=1S/C16H13BrFNO/c17-15-8-7-14(18)10-13(15)11-19-16(20)9-6-12-4-2-1-3-5-12/h1-10H,11H2,(H,19,20)/b9-6+. The molecule has 0 saturated carbocycles. The minimum Gasteiger partial charge on any atom is -0.348 e. The van der Waals surface area contributed by atoms with Crippen LogP contribution in [0.15, 0.2) is 59.1 Å². The molecule has 0 unspecified atom stereocenters. The van der Waals surface area contributed by atoms with Gasteiger partial charge in [-0.2, -0.15) is 0 Å². The predicted molar refractivity (Wildman–Crippen MR) is 81.4 cm³/mol. The highest BCUT2D eigenvalue weighted by Gasteiger charge is 2.03. The summed E-state index contributed by atoms with van der Waals surface area (Å²) in [7, 11) is 0. The number of halogens is 2. The lowest BCUT2D eigenvalue weighted by atomic mass is 10.2. The molecule has 102 valence electrons. The molecular formula is C16H13BrFNO. The van der Waals surface area contributed by atoms with Crippen molar-refractivity contribution in [3.63, 3.8) is 0 Å². The molecule has 0 fully saturated rings. The summed E-state index contributed by atoms with van der Waals surface area (Å²) in [5, 5.41) is 2.71. The summed E-state index contributed by atoms with van der Waals surface area (Å²) in [6.45, 7) is 0.274. The van der Waals surface area contributed by atoms with Gasteiger partial charge in [0, 0.05) is 17.1 Å². The summed E-state index contributed by atoms with van der Waals surface area (Å²) in [5.74, 6) is -0.540. The first-order chi connectivity index (χ1) is 9.65. The van der Waals surface area contributed by atoms with Gasteiger partial charge in [-0.15, -0.1) is 0 Å². The van der Waals surface area contributed by atoms with E-state index in [0.717, 1.165) is 10.0 Å². The second-order valence-electron chi connectivity index (χ2n) is 4.20. The Labute approximate surface area is 125 Å². The van der Waals surface area contributed by atoms with E-state index in [-0.39, 0.29) is 18.3 Å². The summed E-state index contributed by atoms with van der Waals surface area (Å²) in [5.41, 5.74) is 1.65. The van der Waals surface area contributed by atoms with Gasteiger partial charge in [0.1, 0.15) is 5.82 Å². The second kappa shape index (κ2) is 7.01. The molecule has 20 heavy (non-hydrogen) atoms. The van der Waals surface area contributed by atoms with Crippen molar-refractivity contribution in [3.8, 4) is 0 Å². The number of rotatable bonds is 4. The number of hydrogen-bond donors (Lipinski definition) is 1. The van der Waals surface area contributed by atoms with Crippen molar-refractivity contribution in [2.24, 2.45) is 0 Å². The number of carbonyl (C=O) groups is 1. The molecule has 0 aliphatic carbocycles. The largest absolute Gasteiger partial charge is 0.348 e. The molecule has 2 aromatic carbocycles. The molecule has 1 N–H and O–H groups in total. The van der Waals surface area contributed by atoms with Crippen LogP contribution in [-0.2, 0) is 11.3 Å². The molecule has 0 aliphatic rings. The summed E-state index contributed by atoms with van der Waals surface area (Å²) in [6, 6.07) is 13.9. The molecule has 0 aromatic heterocycles. The van der Waals surface area contributed by atoms with Gasteiger partial charge in [-0.1, -0.05) is 46.3 Å². The fraction of sp³-hybridized carbons (Fsp3) is 0.0625. The lowest BCUT2D eigenvalue weighted by molar-refractivity contribution is -0.116. The van der Waals surface area contributed by atoms with Gasteiger partial charge in [-0.05, 0) is 35.4 Å². The second-order valence-corrected chi connectivity index (χ2v) is 5.05. The van der Waals surface area contributed by atoms with E-state index in [0.29, 0.717) is 5.56 Å². The fourth-order valence-electron chi connectivity index (χ4n) is 1.66.